The number of benzene rings is 1. The van der Waals surface area contributed by atoms with Crippen LogP contribution in [0.3, 0.4) is 0 Å². The molecule has 0 aliphatic carbocycles. The van der Waals surface area contributed by atoms with Gasteiger partial charge in [-0.25, -0.2) is 17.5 Å². The molecule has 0 aliphatic heterocycles. The molecule has 0 amide bonds. The summed E-state index contributed by atoms with van der Waals surface area (Å²) in [6.45, 7) is 7.20. The number of nitrogens with one attached hydrogen (secondary N) is 2. The van der Waals surface area contributed by atoms with E-state index in [0.717, 1.165) is 0 Å². The lowest BCUT2D eigenvalue weighted by atomic mass is 10.2. The number of rotatable bonds is 9. The minimum Gasteiger partial charge on any atom is -0.377 e. The zero-order chi connectivity index (χ0) is 15.9. The fourth-order valence-electron chi connectivity index (χ4n) is 1.77. The zero-order valence-corrected chi connectivity index (χ0v) is 13.5. The first-order valence-corrected chi connectivity index (χ1v) is 8.49. The van der Waals surface area contributed by atoms with Crippen molar-refractivity contribution in [3.05, 3.63) is 29.6 Å². The van der Waals surface area contributed by atoms with Gasteiger partial charge in [-0.3, -0.25) is 0 Å². The average Bonchev–Trinajstić information content (AvgIpc) is 2.44. The summed E-state index contributed by atoms with van der Waals surface area (Å²) in [5, 5.41) is 2.98. The Balaban J connectivity index is 2.83. The lowest BCUT2D eigenvalue weighted by Crippen LogP contribution is -2.32. The summed E-state index contributed by atoms with van der Waals surface area (Å²) in [6.07, 6.45) is -0.216. The van der Waals surface area contributed by atoms with Gasteiger partial charge in [0.15, 0.2) is 0 Å². The summed E-state index contributed by atoms with van der Waals surface area (Å²) in [6, 6.07) is 3.79. The normalized spacial score (nSPS) is 13.3. The second-order valence-corrected chi connectivity index (χ2v) is 6.42. The lowest BCUT2D eigenvalue weighted by Gasteiger charge is -2.13. The SMILES string of the molecule is CCNCc1cc(S(=O)(=O)NCC(C)OCC)ccc1F. The Morgan fingerprint density at radius 1 is 1.33 bits per heavy atom. The summed E-state index contributed by atoms with van der Waals surface area (Å²) in [5.41, 5.74) is 0.331. The summed E-state index contributed by atoms with van der Waals surface area (Å²) < 4.78 is 45.7. The summed E-state index contributed by atoms with van der Waals surface area (Å²) in [4.78, 5) is 0.0560. The molecule has 7 heteroatoms. The maximum atomic E-state index is 13.6. The Morgan fingerprint density at radius 3 is 2.67 bits per heavy atom. The predicted octanol–water partition coefficient (Wildman–Crippen LogP) is 1.64. The second kappa shape index (κ2) is 8.43. The highest BCUT2D eigenvalue weighted by atomic mass is 32.2. The first-order valence-electron chi connectivity index (χ1n) is 7.01. The molecule has 0 saturated heterocycles. The zero-order valence-electron chi connectivity index (χ0n) is 12.6. The molecule has 2 N–H and O–H groups in total. The first kappa shape index (κ1) is 18.0. The highest BCUT2D eigenvalue weighted by Crippen LogP contribution is 2.15. The van der Waals surface area contributed by atoms with E-state index in [4.69, 9.17) is 4.74 Å². The molecule has 0 saturated carbocycles. The summed E-state index contributed by atoms with van der Waals surface area (Å²) >= 11 is 0. The Bertz CT molecular complexity index is 549. The van der Waals surface area contributed by atoms with Crippen LogP contribution in [0.25, 0.3) is 0 Å². The Kier molecular flexibility index (Phi) is 7.24. The van der Waals surface area contributed by atoms with E-state index in [2.05, 4.69) is 10.0 Å². The van der Waals surface area contributed by atoms with E-state index in [9.17, 15) is 12.8 Å². The fraction of sp³-hybridized carbons (Fsp3) is 0.571. The molecule has 0 bridgehead atoms. The monoisotopic (exact) mass is 318 g/mol. The van der Waals surface area contributed by atoms with E-state index >= 15 is 0 Å². The van der Waals surface area contributed by atoms with Crippen LogP contribution in [0.5, 0.6) is 0 Å². The van der Waals surface area contributed by atoms with Crippen LogP contribution in [0.2, 0.25) is 0 Å². The van der Waals surface area contributed by atoms with Gasteiger partial charge in [-0.15, -0.1) is 0 Å². The largest absolute Gasteiger partial charge is 0.377 e. The predicted molar refractivity (Wildman–Crippen MR) is 80.1 cm³/mol. The number of hydrogen-bond acceptors (Lipinski definition) is 4. The Hall–Kier alpha value is -1.02. The van der Waals surface area contributed by atoms with Gasteiger partial charge < -0.3 is 10.1 Å². The molecular weight excluding hydrogens is 295 g/mol. The van der Waals surface area contributed by atoms with Gasteiger partial charge in [-0.2, -0.15) is 0 Å². The number of ether oxygens (including phenoxy) is 1. The van der Waals surface area contributed by atoms with Gasteiger partial charge in [0.2, 0.25) is 10.0 Å². The molecule has 0 heterocycles. The third kappa shape index (κ3) is 5.70. The molecule has 0 spiro atoms. The molecule has 1 aromatic rings. The standard InChI is InChI=1S/C14H23FN2O3S/c1-4-16-10-12-8-13(6-7-14(12)15)21(18,19)17-9-11(3)20-5-2/h6-8,11,16-17H,4-5,9-10H2,1-3H3. The molecule has 0 fully saturated rings. The lowest BCUT2D eigenvalue weighted by molar-refractivity contribution is 0.0799. The van der Waals surface area contributed by atoms with Crippen molar-refractivity contribution in [2.45, 2.75) is 38.3 Å². The highest BCUT2D eigenvalue weighted by molar-refractivity contribution is 7.89. The maximum Gasteiger partial charge on any atom is 0.240 e. The van der Waals surface area contributed by atoms with Crippen LogP contribution in [0.1, 0.15) is 26.3 Å². The van der Waals surface area contributed by atoms with Crippen molar-refractivity contribution >= 4 is 10.0 Å². The van der Waals surface area contributed by atoms with E-state index in [-0.39, 0.29) is 17.5 Å². The minimum absolute atomic E-state index is 0.0560. The molecule has 0 radical (unpaired) electrons. The molecule has 1 rings (SSSR count). The quantitative estimate of drug-likeness (QED) is 0.726. The summed E-state index contributed by atoms with van der Waals surface area (Å²) in [5.74, 6) is -0.419. The first-order chi connectivity index (χ1) is 9.90. The Morgan fingerprint density at radius 2 is 2.05 bits per heavy atom. The van der Waals surface area contributed by atoms with Crippen molar-refractivity contribution in [2.24, 2.45) is 0 Å². The molecule has 0 aromatic heterocycles. The molecular formula is C14H23FN2O3S. The molecule has 1 atom stereocenters. The number of hydrogen-bond donors (Lipinski definition) is 2. The molecule has 120 valence electrons. The van der Waals surface area contributed by atoms with Crippen molar-refractivity contribution in [2.75, 3.05) is 19.7 Å². The maximum absolute atomic E-state index is 13.6. The highest BCUT2D eigenvalue weighted by Gasteiger charge is 2.17. The van der Waals surface area contributed by atoms with E-state index in [1.54, 1.807) is 6.92 Å². The summed E-state index contributed by atoms with van der Waals surface area (Å²) in [7, 11) is -3.66. The smallest absolute Gasteiger partial charge is 0.240 e. The van der Waals surface area contributed by atoms with Crippen LogP contribution in [0.4, 0.5) is 4.39 Å². The van der Waals surface area contributed by atoms with Crippen molar-refractivity contribution in [3.63, 3.8) is 0 Å². The van der Waals surface area contributed by atoms with Crippen molar-refractivity contribution in [1.82, 2.24) is 10.0 Å². The molecule has 1 unspecified atom stereocenters. The molecule has 0 aliphatic rings. The number of halogens is 1. The van der Waals surface area contributed by atoms with E-state index in [1.165, 1.54) is 18.2 Å². The molecule has 1 aromatic carbocycles. The van der Waals surface area contributed by atoms with Crippen LogP contribution in [0, 0.1) is 5.82 Å². The Labute approximate surface area is 125 Å². The third-order valence-electron chi connectivity index (χ3n) is 2.90. The van der Waals surface area contributed by atoms with Gasteiger partial charge >= 0.3 is 0 Å². The van der Waals surface area contributed by atoms with Crippen molar-refractivity contribution in [1.29, 1.82) is 0 Å². The average molecular weight is 318 g/mol. The van der Waals surface area contributed by atoms with Crippen LogP contribution >= 0.6 is 0 Å². The van der Waals surface area contributed by atoms with Gasteiger partial charge in [0, 0.05) is 25.3 Å². The van der Waals surface area contributed by atoms with E-state index in [1.807, 2.05) is 13.8 Å². The number of sulfonamides is 1. The van der Waals surface area contributed by atoms with Gasteiger partial charge in [0.05, 0.1) is 11.0 Å². The van der Waals surface area contributed by atoms with Gasteiger partial charge in [-0.05, 0) is 38.6 Å². The van der Waals surface area contributed by atoms with E-state index < -0.39 is 15.8 Å². The fourth-order valence-corrected chi connectivity index (χ4v) is 2.93. The third-order valence-corrected chi connectivity index (χ3v) is 4.33. The minimum atomic E-state index is -3.66. The molecule has 21 heavy (non-hydrogen) atoms. The van der Waals surface area contributed by atoms with Crippen molar-refractivity contribution in [3.8, 4) is 0 Å². The van der Waals surface area contributed by atoms with Crippen LogP contribution in [0.15, 0.2) is 23.1 Å². The van der Waals surface area contributed by atoms with Crippen LogP contribution in [-0.4, -0.2) is 34.2 Å². The molecule has 5 nitrogen and oxygen atoms in total. The van der Waals surface area contributed by atoms with Crippen molar-refractivity contribution < 1.29 is 17.5 Å². The van der Waals surface area contributed by atoms with Gasteiger partial charge in [-0.1, -0.05) is 6.92 Å². The van der Waals surface area contributed by atoms with E-state index in [0.29, 0.717) is 25.3 Å². The van der Waals surface area contributed by atoms with Crippen LogP contribution in [-0.2, 0) is 21.3 Å². The topological polar surface area (TPSA) is 67.4 Å². The van der Waals surface area contributed by atoms with Crippen LogP contribution < -0.4 is 10.0 Å². The van der Waals surface area contributed by atoms with Gasteiger partial charge in [0.1, 0.15) is 5.82 Å². The second-order valence-electron chi connectivity index (χ2n) is 4.65. The van der Waals surface area contributed by atoms with Gasteiger partial charge in [0.25, 0.3) is 0 Å².